The highest BCUT2D eigenvalue weighted by Gasteiger charge is 2.42. The van der Waals surface area contributed by atoms with Crippen LogP contribution in [0, 0.1) is 29.6 Å². The van der Waals surface area contributed by atoms with Gasteiger partial charge in [0.05, 0.1) is 0 Å². The number of carbonyl (C=O) groups is 16. The average molecular weight is 1850 g/mol. The lowest BCUT2D eigenvalue weighted by atomic mass is 9.98. The zero-order chi connectivity index (χ0) is 98.0. The fraction of sp³-hybridized carbons (Fsp3) is 0.824. The lowest BCUT2D eigenvalue weighted by Crippen LogP contribution is -2.61. The second kappa shape index (κ2) is 68.3. The lowest BCUT2D eigenvalue weighted by molar-refractivity contribution is -0.143. The van der Waals surface area contributed by atoms with Crippen molar-refractivity contribution in [1.29, 1.82) is 0 Å². The molecular weight excluding hydrogens is 1670 g/mol. The molecular formula is C91H173N23O16. The molecule has 0 saturated carbocycles. The van der Waals surface area contributed by atoms with Crippen LogP contribution in [-0.2, 0) is 76.7 Å². The quantitative estimate of drug-likeness (QED) is 0.0374. The molecule has 30 N–H and O–H groups in total. The van der Waals surface area contributed by atoms with Crippen molar-refractivity contribution in [2.45, 2.75) is 399 Å². The molecule has 0 radical (unpaired) electrons. The molecule has 1 fully saturated rings. The van der Waals surface area contributed by atoms with Gasteiger partial charge in [-0.3, -0.25) is 76.7 Å². The molecule has 0 spiro atoms. The van der Waals surface area contributed by atoms with Crippen molar-refractivity contribution in [3.8, 4) is 0 Å². The molecule has 1 saturated heterocycles. The van der Waals surface area contributed by atoms with E-state index in [1.54, 1.807) is 0 Å². The summed E-state index contributed by atoms with van der Waals surface area (Å²) in [4.78, 5) is 229. The van der Waals surface area contributed by atoms with Crippen molar-refractivity contribution >= 4 is 94.5 Å². The predicted molar refractivity (Wildman–Crippen MR) is 503 cm³/mol. The topological polar surface area (TPSA) is 653 Å². The number of likely N-dealkylation sites (tertiary alicyclic amines) is 1. The molecule has 0 aromatic heterocycles. The van der Waals surface area contributed by atoms with Gasteiger partial charge in [-0.25, -0.2) is 0 Å². The summed E-state index contributed by atoms with van der Waals surface area (Å²) in [6, 6.07) is -18.0. The van der Waals surface area contributed by atoms with E-state index in [0.29, 0.717) is 122 Å². The van der Waals surface area contributed by atoms with Gasteiger partial charge in [-0.15, -0.1) is 0 Å². The third-order valence-corrected chi connectivity index (χ3v) is 22.6. The summed E-state index contributed by atoms with van der Waals surface area (Å²) in [6.45, 7) is 25.4. The zero-order valence-corrected chi connectivity index (χ0v) is 80.8. The summed E-state index contributed by atoms with van der Waals surface area (Å²) in [6.07, 6.45) is 13.3. The Hall–Kier alpha value is -8.76. The molecule has 15 atom stereocenters. The second-order valence-corrected chi connectivity index (χ2v) is 37.1. The molecule has 0 aromatic rings. The maximum Gasteiger partial charge on any atom is 0.245 e. The van der Waals surface area contributed by atoms with Crippen LogP contribution in [0.25, 0.3) is 0 Å². The van der Waals surface area contributed by atoms with E-state index in [2.05, 4.69) is 81.4 Å². The molecule has 748 valence electrons. The maximum absolute atomic E-state index is 15.1. The van der Waals surface area contributed by atoms with E-state index >= 15 is 4.79 Å². The molecule has 130 heavy (non-hydrogen) atoms. The van der Waals surface area contributed by atoms with Crippen LogP contribution in [0.1, 0.15) is 308 Å². The van der Waals surface area contributed by atoms with E-state index in [4.69, 9.17) is 45.9 Å². The van der Waals surface area contributed by atoms with E-state index in [-0.39, 0.29) is 158 Å². The molecule has 0 bridgehead atoms. The summed E-state index contributed by atoms with van der Waals surface area (Å²) >= 11 is 0. The lowest BCUT2D eigenvalue weighted by Gasteiger charge is -2.31. The Morgan fingerprint density at radius 1 is 0.269 bits per heavy atom. The van der Waals surface area contributed by atoms with Gasteiger partial charge in [-0.2, -0.15) is 0 Å². The molecule has 16 amide bonds. The summed E-state index contributed by atoms with van der Waals surface area (Å²) in [7, 11) is 0. The summed E-state index contributed by atoms with van der Waals surface area (Å²) in [5, 5.41) is 38.9. The van der Waals surface area contributed by atoms with Crippen molar-refractivity contribution in [2.24, 2.45) is 75.5 Å². The minimum atomic E-state index is -1.35. The third-order valence-electron chi connectivity index (χ3n) is 22.6. The molecule has 1 aliphatic rings. The number of nitrogens with zero attached hydrogens (tertiary/aromatic N) is 1. The first-order valence-corrected chi connectivity index (χ1v) is 48.4. The number of primary amides is 1. The normalized spacial score (nSPS) is 15.9. The molecule has 1 heterocycles. The number of hydrogen-bond acceptors (Lipinski definition) is 23. The highest BCUT2D eigenvalue weighted by Crippen LogP contribution is 2.23. The summed E-state index contributed by atoms with van der Waals surface area (Å²) in [5.41, 5.74) is 46.5. The number of carbonyl (C=O) groups excluding carboxylic acids is 16. The van der Waals surface area contributed by atoms with Gasteiger partial charge in [-0.1, -0.05) is 102 Å². The van der Waals surface area contributed by atoms with Crippen LogP contribution in [0.15, 0.2) is 0 Å². The average Bonchev–Trinajstić information content (AvgIpc) is 1.67. The minimum absolute atomic E-state index is 0.0334. The van der Waals surface area contributed by atoms with Gasteiger partial charge in [0.2, 0.25) is 94.5 Å². The fourth-order valence-corrected chi connectivity index (χ4v) is 15.3. The van der Waals surface area contributed by atoms with Gasteiger partial charge in [0, 0.05) is 13.0 Å². The minimum Gasteiger partial charge on any atom is -0.368 e. The van der Waals surface area contributed by atoms with Crippen molar-refractivity contribution in [3.05, 3.63) is 0 Å². The number of amides is 16. The number of unbranched alkanes of at least 4 members (excludes halogenated alkanes) is 11. The number of hydrogen-bond donors (Lipinski definition) is 22. The largest absolute Gasteiger partial charge is 0.368 e. The van der Waals surface area contributed by atoms with E-state index < -0.39 is 179 Å². The first-order valence-electron chi connectivity index (χ1n) is 48.4. The Balaban J connectivity index is 3.59. The van der Waals surface area contributed by atoms with Gasteiger partial charge < -0.3 is 125 Å². The molecule has 39 nitrogen and oxygen atoms in total. The highest BCUT2D eigenvalue weighted by molar-refractivity contribution is 6.01. The number of nitrogens with two attached hydrogens (primary N) is 8. The molecule has 39 heteroatoms. The maximum atomic E-state index is 15.1. The Morgan fingerprint density at radius 2 is 0.508 bits per heavy atom. The second-order valence-electron chi connectivity index (χ2n) is 37.1. The van der Waals surface area contributed by atoms with Crippen LogP contribution < -0.4 is 120 Å². The van der Waals surface area contributed by atoms with Gasteiger partial charge in [0.25, 0.3) is 0 Å². The molecule has 0 unspecified atom stereocenters. The van der Waals surface area contributed by atoms with Crippen LogP contribution in [0.2, 0.25) is 0 Å². The van der Waals surface area contributed by atoms with Crippen LogP contribution in [0.5, 0.6) is 0 Å². The third kappa shape index (κ3) is 49.6. The van der Waals surface area contributed by atoms with Crippen LogP contribution >= 0.6 is 0 Å². The molecule has 0 aliphatic carbocycles. The smallest absolute Gasteiger partial charge is 0.245 e. The van der Waals surface area contributed by atoms with Crippen LogP contribution in [-0.4, -0.2) is 242 Å². The summed E-state index contributed by atoms with van der Waals surface area (Å²) in [5.74, 6) is -11.8. The summed E-state index contributed by atoms with van der Waals surface area (Å²) < 4.78 is 0. The van der Waals surface area contributed by atoms with E-state index in [1.807, 2.05) is 69.2 Å². The Morgan fingerprint density at radius 3 is 0.815 bits per heavy atom. The van der Waals surface area contributed by atoms with E-state index in [0.717, 1.165) is 25.7 Å². The first-order chi connectivity index (χ1) is 61.7. The Labute approximate surface area is 773 Å². The molecule has 1 rings (SSSR count). The van der Waals surface area contributed by atoms with Gasteiger partial charge >= 0.3 is 0 Å². The van der Waals surface area contributed by atoms with Crippen molar-refractivity contribution in [3.63, 3.8) is 0 Å². The Bertz CT molecular complexity index is 3410. The predicted octanol–water partition coefficient (Wildman–Crippen LogP) is 0.784. The molecule has 0 aromatic carbocycles. The highest BCUT2D eigenvalue weighted by atomic mass is 16.2. The van der Waals surface area contributed by atoms with E-state index in [1.165, 1.54) is 18.7 Å². The van der Waals surface area contributed by atoms with Gasteiger partial charge in [-0.05, 0) is 275 Å². The Kier molecular flexibility index (Phi) is 62.6. The zero-order valence-electron chi connectivity index (χ0n) is 80.8. The number of nitrogens with one attached hydrogen (secondary N) is 14. The van der Waals surface area contributed by atoms with Crippen molar-refractivity contribution in [2.75, 3.05) is 52.4 Å². The van der Waals surface area contributed by atoms with Crippen LogP contribution in [0.3, 0.4) is 0 Å². The van der Waals surface area contributed by atoms with Crippen molar-refractivity contribution < 1.29 is 76.7 Å². The standard InChI is InChI=1S/C91H173N23O16/c1-14-15-16-17-18-42-76(115)102-64(35-20-27-44-93)81(120)105-65(36-21-28-45-94)80(119)100-62(13)79(118)109-71(52-57(4)5)87(126)106-67(38-23-30-47-96)83(122)110-70(51-56(2)3)85(124)101-61(12)78(117)104-66(37-22-29-46-95)82(121)108-69(40-25-32-49-98)91(130)114-50-33-41-75(114)90(129)113-74(55-60(10)11)88(127)107-68(39-24-31-48-97)84(123)111-73(54-59(8)9)89(128)112-72(53-58(6)7)86(125)103-63(77(99)116)34-19-26-43-92/h56-75H,14-55,92-98H2,1-13H3,(H2,99,116)(H,100,119)(H,101,124)(H,102,115)(H,103,125)(H,104,117)(H,105,120)(H,106,126)(H,107,127)(H,108,121)(H,109,118)(H,110,122)(H,111,123)(H,112,128)(H,113,129)/t61-,62-,63-,64-,65-,66-,67-,68-,69-,70-,71-,72-,73-,74-,75-/m0/s1. The van der Waals surface area contributed by atoms with Crippen LogP contribution in [0.4, 0.5) is 0 Å². The van der Waals surface area contributed by atoms with E-state index in [9.17, 15) is 71.9 Å². The molecule has 1 aliphatic heterocycles. The number of rotatable bonds is 73. The van der Waals surface area contributed by atoms with Gasteiger partial charge in [0.1, 0.15) is 90.6 Å². The monoisotopic (exact) mass is 1840 g/mol. The fourth-order valence-electron chi connectivity index (χ4n) is 15.3. The van der Waals surface area contributed by atoms with Gasteiger partial charge in [0.15, 0.2) is 0 Å². The first kappa shape index (κ1) is 119. The SMILES string of the molecule is CCCCCCCC(=O)N[C@@H](CCCCN)C(=O)N[C@@H](CCCCN)C(=O)N[C@@H](C)C(=O)N[C@@H](CC(C)C)C(=O)N[C@@H](CCCCN)C(=O)N[C@@H](CC(C)C)C(=O)N[C@@H](C)C(=O)N[C@@H](CCCCN)C(=O)N[C@@H](CCCCN)C(=O)N1CCC[C@H]1C(=O)N[C@@H](CC(C)C)C(=O)N[C@@H](CCCCN)C(=O)N[C@@H](CC(C)C)C(=O)N[C@@H](CC(C)C)C(=O)N[C@@H](CCCCN)C(N)=O. The van der Waals surface area contributed by atoms with Crippen molar-refractivity contribution in [1.82, 2.24) is 79.3 Å².